The number of halogens is 1. The van der Waals surface area contributed by atoms with E-state index >= 15 is 0 Å². The van der Waals surface area contributed by atoms with E-state index in [1.807, 2.05) is 6.92 Å². The van der Waals surface area contributed by atoms with Crippen molar-refractivity contribution < 1.29 is 18.7 Å². The highest BCUT2D eigenvalue weighted by molar-refractivity contribution is 7.15. The fraction of sp³-hybridized carbons (Fsp3) is 0.238. The largest absolute Gasteiger partial charge is 0.497 e. The summed E-state index contributed by atoms with van der Waals surface area (Å²) in [7, 11) is 3.08. The van der Waals surface area contributed by atoms with Gasteiger partial charge in [-0.2, -0.15) is 0 Å². The van der Waals surface area contributed by atoms with E-state index in [1.54, 1.807) is 48.8 Å². The molecule has 3 rings (SSSR count). The summed E-state index contributed by atoms with van der Waals surface area (Å²) in [6, 6.07) is 11.4. The molecule has 2 aromatic carbocycles. The van der Waals surface area contributed by atoms with Crippen molar-refractivity contribution in [3.8, 4) is 22.1 Å². The first-order valence-corrected chi connectivity index (χ1v) is 9.56. The number of aromatic nitrogens is 1. The molecule has 0 atom stereocenters. The standard InChI is InChI=1S/C21H21FN2O3S/c1-13-19(28-21(24-13)14-4-6-15(22)7-5-14)10-11-23-20(25)17-9-8-16(26-2)12-18(17)27-3/h4-9,12H,10-11H2,1-3H3,(H,23,25). The van der Waals surface area contributed by atoms with Crippen molar-refractivity contribution in [2.75, 3.05) is 20.8 Å². The van der Waals surface area contributed by atoms with E-state index in [0.717, 1.165) is 21.1 Å². The molecule has 0 aliphatic rings. The number of aryl methyl sites for hydroxylation is 1. The maximum Gasteiger partial charge on any atom is 0.255 e. The zero-order chi connectivity index (χ0) is 20.1. The van der Waals surface area contributed by atoms with Gasteiger partial charge in [-0.05, 0) is 43.3 Å². The highest BCUT2D eigenvalue weighted by Crippen LogP contribution is 2.28. The zero-order valence-electron chi connectivity index (χ0n) is 15.9. The average molecular weight is 400 g/mol. The molecule has 0 radical (unpaired) electrons. The summed E-state index contributed by atoms with van der Waals surface area (Å²) >= 11 is 1.55. The van der Waals surface area contributed by atoms with E-state index in [2.05, 4.69) is 10.3 Å². The molecule has 0 aliphatic carbocycles. The number of methoxy groups -OCH3 is 2. The zero-order valence-corrected chi connectivity index (χ0v) is 16.7. The fourth-order valence-corrected chi connectivity index (χ4v) is 3.81. The van der Waals surface area contributed by atoms with Crippen molar-refractivity contribution in [3.63, 3.8) is 0 Å². The fourth-order valence-electron chi connectivity index (χ4n) is 2.75. The van der Waals surface area contributed by atoms with E-state index in [0.29, 0.717) is 30.0 Å². The molecule has 1 N–H and O–H groups in total. The monoisotopic (exact) mass is 400 g/mol. The summed E-state index contributed by atoms with van der Waals surface area (Å²) < 4.78 is 23.5. The van der Waals surface area contributed by atoms with Crippen LogP contribution >= 0.6 is 11.3 Å². The summed E-state index contributed by atoms with van der Waals surface area (Å²) in [5.74, 6) is 0.612. The predicted octanol–water partition coefficient (Wildman–Crippen LogP) is 4.25. The highest BCUT2D eigenvalue weighted by atomic mass is 32.1. The van der Waals surface area contributed by atoms with Gasteiger partial charge in [0.15, 0.2) is 0 Å². The number of carbonyl (C=O) groups excluding carboxylic acids is 1. The molecule has 0 bridgehead atoms. The normalized spacial score (nSPS) is 10.6. The van der Waals surface area contributed by atoms with E-state index in [9.17, 15) is 9.18 Å². The van der Waals surface area contributed by atoms with Crippen molar-refractivity contribution in [1.29, 1.82) is 0 Å². The Hall–Kier alpha value is -2.93. The Labute approximate surface area is 167 Å². The average Bonchev–Trinajstić information content (AvgIpc) is 3.08. The molecule has 0 saturated heterocycles. The van der Waals surface area contributed by atoms with Crippen LogP contribution in [0.2, 0.25) is 0 Å². The van der Waals surface area contributed by atoms with Crippen LogP contribution in [0.15, 0.2) is 42.5 Å². The molecular weight excluding hydrogens is 379 g/mol. The smallest absolute Gasteiger partial charge is 0.255 e. The van der Waals surface area contributed by atoms with Crippen LogP contribution in [0, 0.1) is 12.7 Å². The number of rotatable bonds is 7. The SMILES string of the molecule is COc1ccc(C(=O)NCCc2sc(-c3ccc(F)cc3)nc2C)c(OC)c1. The molecule has 5 nitrogen and oxygen atoms in total. The number of carbonyl (C=O) groups is 1. The Morgan fingerprint density at radius 3 is 2.57 bits per heavy atom. The van der Waals surface area contributed by atoms with E-state index < -0.39 is 0 Å². The summed E-state index contributed by atoms with van der Waals surface area (Å²) in [5, 5.41) is 3.76. The Kier molecular flexibility index (Phi) is 6.26. The number of thiazole rings is 1. The van der Waals surface area contributed by atoms with E-state index in [1.165, 1.54) is 19.2 Å². The molecular formula is C21H21FN2O3S. The van der Waals surface area contributed by atoms with Crippen LogP contribution in [0.4, 0.5) is 4.39 Å². The van der Waals surface area contributed by atoms with Gasteiger partial charge in [-0.1, -0.05) is 0 Å². The lowest BCUT2D eigenvalue weighted by Gasteiger charge is -2.10. The van der Waals surface area contributed by atoms with Crippen LogP contribution in [-0.2, 0) is 6.42 Å². The Morgan fingerprint density at radius 1 is 1.14 bits per heavy atom. The summed E-state index contributed by atoms with van der Waals surface area (Å²) in [6.07, 6.45) is 0.662. The van der Waals surface area contributed by atoms with Crippen LogP contribution in [0.25, 0.3) is 10.6 Å². The van der Waals surface area contributed by atoms with Crippen molar-refractivity contribution in [3.05, 3.63) is 64.4 Å². The third-order valence-corrected chi connectivity index (χ3v) is 5.54. The third-order valence-electron chi connectivity index (χ3n) is 4.27. The molecule has 0 saturated carbocycles. The third kappa shape index (κ3) is 4.48. The van der Waals surface area contributed by atoms with Gasteiger partial charge >= 0.3 is 0 Å². The molecule has 7 heteroatoms. The molecule has 1 heterocycles. The summed E-state index contributed by atoms with van der Waals surface area (Å²) in [4.78, 5) is 18.1. The van der Waals surface area contributed by atoms with Gasteiger partial charge in [0.1, 0.15) is 22.3 Å². The molecule has 28 heavy (non-hydrogen) atoms. The molecule has 1 aromatic heterocycles. The van der Waals surface area contributed by atoms with Crippen LogP contribution in [0.1, 0.15) is 20.9 Å². The van der Waals surface area contributed by atoms with Crippen molar-refractivity contribution in [2.45, 2.75) is 13.3 Å². The molecule has 0 spiro atoms. The molecule has 1 amide bonds. The highest BCUT2D eigenvalue weighted by Gasteiger charge is 2.14. The Morgan fingerprint density at radius 2 is 1.89 bits per heavy atom. The van der Waals surface area contributed by atoms with E-state index in [-0.39, 0.29) is 11.7 Å². The molecule has 0 fully saturated rings. The maximum absolute atomic E-state index is 13.1. The number of ether oxygens (including phenoxy) is 2. The van der Waals surface area contributed by atoms with Gasteiger partial charge in [0.25, 0.3) is 5.91 Å². The molecule has 0 aliphatic heterocycles. The van der Waals surface area contributed by atoms with Crippen LogP contribution < -0.4 is 14.8 Å². The van der Waals surface area contributed by atoms with Crippen LogP contribution in [0.3, 0.4) is 0 Å². The topological polar surface area (TPSA) is 60.5 Å². The number of hydrogen-bond acceptors (Lipinski definition) is 5. The van der Waals surface area contributed by atoms with Crippen molar-refractivity contribution >= 4 is 17.2 Å². The molecule has 146 valence electrons. The lowest BCUT2D eigenvalue weighted by Crippen LogP contribution is -2.26. The first-order chi connectivity index (χ1) is 13.5. The Bertz CT molecular complexity index is 970. The second-order valence-corrected chi connectivity index (χ2v) is 7.19. The number of hydrogen-bond donors (Lipinski definition) is 1. The summed E-state index contributed by atoms with van der Waals surface area (Å²) in [6.45, 7) is 2.41. The minimum atomic E-state index is -0.270. The lowest BCUT2D eigenvalue weighted by atomic mass is 10.1. The first-order valence-electron chi connectivity index (χ1n) is 8.74. The second-order valence-electron chi connectivity index (χ2n) is 6.11. The van der Waals surface area contributed by atoms with Crippen molar-refractivity contribution in [1.82, 2.24) is 10.3 Å². The van der Waals surface area contributed by atoms with Crippen LogP contribution in [0.5, 0.6) is 11.5 Å². The first kappa shape index (κ1) is 19.8. The molecule has 3 aromatic rings. The van der Waals surface area contributed by atoms with Gasteiger partial charge in [0.2, 0.25) is 0 Å². The number of amides is 1. The van der Waals surface area contributed by atoms with Gasteiger partial charge in [-0.3, -0.25) is 4.79 Å². The maximum atomic E-state index is 13.1. The second kappa shape index (κ2) is 8.84. The van der Waals surface area contributed by atoms with E-state index in [4.69, 9.17) is 9.47 Å². The predicted molar refractivity (Wildman–Crippen MR) is 108 cm³/mol. The number of benzene rings is 2. The quantitative estimate of drug-likeness (QED) is 0.644. The van der Waals surface area contributed by atoms with Crippen molar-refractivity contribution in [2.24, 2.45) is 0 Å². The summed E-state index contributed by atoms with van der Waals surface area (Å²) in [5.41, 5.74) is 2.25. The number of nitrogens with zero attached hydrogens (tertiary/aromatic N) is 1. The van der Waals surface area contributed by atoms with Gasteiger partial charge in [0, 0.05) is 29.5 Å². The number of nitrogens with one attached hydrogen (secondary N) is 1. The minimum Gasteiger partial charge on any atom is -0.497 e. The van der Waals surface area contributed by atoms with Gasteiger partial charge in [-0.15, -0.1) is 11.3 Å². The van der Waals surface area contributed by atoms with Crippen LogP contribution in [-0.4, -0.2) is 31.7 Å². The van der Waals surface area contributed by atoms with Gasteiger partial charge in [-0.25, -0.2) is 9.37 Å². The lowest BCUT2D eigenvalue weighted by molar-refractivity contribution is 0.0951. The molecule has 0 unspecified atom stereocenters. The minimum absolute atomic E-state index is 0.208. The van der Waals surface area contributed by atoms with Gasteiger partial charge < -0.3 is 14.8 Å². The van der Waals surface area contributed by atoms with Gasteiger partial charge in [0.05, 0.1) is 25.5 Å². The Balaban J connectivity index is 1.64.